The SMILES string of the molecule is O=S(=O)(Nc1ccccn1)c1ccc(NS(=O)(=O)c2sccc2Cl)cc1. The minimum absolute atomic E-state index is 0.00677. The summed E-state index contributed by atoms with van der Waals surface area (Å²) in [7, 11) is -7.67. The van der Waals surface area contributed by atoms with Crippen molar-refractivity contribution < 1.29 is 16.8 Å². The molecule has 26 heavy (non-hydrogen) atoms. The largest absolute Gasteiger partial charge is 0.279 e. The van der Waals surface area contributed by atoms with E-state index in [9.17, 15) is 16.8 Å². The molecule has 0 bridgehead atoms. The van der Waals surface area contributed by atoms with Crippen molar-refractivity contribution in [1.82, 2.24) is 4.98 Å². The number of hydrogen-bond acceptors (Lipinski definition) is 6. The summed E-state index contributed by atoms with van der Waals surface area (Å²) in [6.07, 6.45) is 1.46. The van der Waals surface area contributed by atoms with Crippen LogP contribution in [0.1, 0.15) is 0 Å². The van der Waals surface area contributed by atoms with Crippen molar-refractivity contribution in [3.8, 4) is 0 Å². The highest BCUT2D eigenvalue weighted by Crippen LogP contribution is 2.29. The Morgan fingerprint density at radius 2 is 1.62 bits per heavy atom. The van der Waals surface area contributed by atoms with E-state index in [-0.39, 0.29) is 25.6 Å². The van der Waals surface area contributed by atoms with Crippen molar-refractivity contribution in [3.05, 3.63) is 65.1 Å². The quantitative estimate of drug-likeness (QED) is 0.624. The highest BCUT2D eigenvalue weighted by atomic mass is 35.5. The number of aromatic nitrogens is 1. The molecule has 1 aromatic carbocycles. The number of halogens is 1. The molecule has 0 atom stereocenters. The molecular weight excluding hydrogens is 418 g/mol. The van der Waals surface area contributed by atoms with Crippen molar-refractivity contribution in [1.29, 1.82) is 0 Å². The van der Waals surface area contributed by atoms with Crippen LogP contribution in [0.3, 0.4) is 0 Å². The number of anilines is 2. The zero-order valence-corrected chi connectivity index (χ0v) is 16.2. The summed E-state index contributed by atoms with van der Waals surface area (Å²) < 4.78 is 53.9. The first kappa shape index (κ1) is 18.6. The lowest BCUT2D eigenvalue weighted by molar-refractivity contribution is 0.600. The van der Waals surface area contributed by atoms with Crippen LogP contribution in [-0.4, -0.2) is 21.8 Å². The lowest BCUT2D eigenvalue weighted by atomic mass is 10.3. The van der Waals surface area contributed by atoms with E-state index in [4.69, 9.17) is 11.6 Å². The molecule has 7 nitrogen and oxygen atoms in total. The maximum atomic E-state index is 12.3. The van der Waals surface area contributed by atoms with Gasteiger partial charge in [-0.2, -0.15) is 0 Å². The average molecular weight is 430 g/mol. The van der Waals surface area contributed by atoms with Crippen LogP contribution in [0.2, 0.25) is 5.02 Å². The first-order valence-corrected chi connectivity index (χ1v) is 11.3. The molecule has 0 saturated heterocycles. The predicted molar refractivity (Wildman–Crippen MR) is 102 cm³/mol. The number of rotatable bonds is 6. The average Bonchev–Trinajstić information content (AvgIpc) is 3.02. The first-order chi connectivity index (χ1) is 12.3. The van der Waals surface area contributed by atoms with E-state index in [0.717, 1.165) is 11.3 Å². The molecule has 0 radical (unpaired) electrons. The second kappa shape index (κ2) is 7.23. The van der Waals surface area contributed by atoms with Gasteiger partial charge in [-0.15, -0.1) is 11.3 Å². The molecule has 2 aromatic heterocycles. The first-order valence-electron chi connectivity index (χ1n) is 7.08. The molecule has 0 unspecified atom stereocenters. The van der Waals surface area contributed by atoms with E-state index < -0.39 is 20.0 Å². The molecule has 0 aliphatic carbocycles. The number of hydrogen-bond donors (Lipinski definition) is 2. The Morgan fingerprint density at radius 1 is 0.885 bits per heavy atom. The third kappa shape index (κ3) is 4.15. The van der Waals surface area contributed by atoms with Crippen molar-refractivity contribution in [2.75, 3.05) is 9.44 Å². The van der Waals surface area contributed by atoms with Gasteiger partial charge in [0.15, 0.2) is 4.21 Å². The Morgan fingerprint density at radius 3 is 2.19 bits per heavy atom. The second-order valence-electron chi connectivity index (χ2n) is 5.01. The molecular formula is C15H12ClN3O4S3. The minimum Gasteiger partial charge on any atom is -0.279 e. The van der Waals surface area contributed by atoms with Gasteiger partial charge in [0.2, 0.25) is 0 Å². The Balaban J connectivity index is 1.79. The fraction of sp³-hybridized carbons (Fsp3) is 0. The van der Waals surface area contributed by atoms with Gasteiger partial charge in [-0.1, -0.05) is 17.7 Å². The van der Waals surface area contributed by atoms with Gasteiger partial charge in [0, 0.05) is 11.9 Å². The Hall–Kier alpha value is -2.14. The maximum Gasteiger partial charge on any atom is 0.272 e. The van der Waals surface area contributed by atoms with E-state index in [1.807, 2.05) is 0 Å². The van der Waals surface area contributed by atoms with Gasteiger partial charge >= 0.3 is 0 Å². The molecule has 0 saturated carbocycles. The number of pyridine rings is 1. The molecule has 2 N–H and O–H groups in total. The Labute approximate surface area is 159 Å². The van der Waals surface area contributed by atoms with E-state index in [1.165, 1.54) is 42.6 Å². The molecule has 3 rings (SSSR count). The minimum atomic E-state index is -3.84. The van der Waals surface area contributed by atoms with Gasteiger partial charge in [-0.05, 0) is 47.8 Å². The highest BCUT2D eigenvalue weighted by Gasteiger charge is 2.20. The Kier molecular flexibility index (Phi) is 5.19. The number of thiophene rings is 1. The van der Waals surface area contributed by atoms with Crippen LogP contribution in [-0.2, 0) is 20.0 Å². The molecule has 0 aliphatic rings. The van der Waals surface area contributed by atoms with Gasteiger partial charge in [0.25, 0.3) is 20.0 Å². The van der Waals surface area contributed by atoms with Crippen molar-refractivity contribution in [3.63, 3.8) is 0 Å². The van der Waals surface area contributed by atoms with Crippen molar-refractivity contribution in [2.45, 2.75) is 9.10 Å². The number of nitrogens with zero attached hydrogens (tertiary/aromatic N) is 1. The molecule has 0 spiro atoms. The predicted octanol–water partition coefficient (Wildman–Crippen LogP) is 3.40. The summed E-state index contributed by atoms with van der Waals surface area (Å²) in [4.78, 5) is 3.87. The van der Waals surface area contributed by atoms with Crippen molar-refractivity contribution in [2.24, 2.45) is 0 Å². The monoisotopic (exact) mass is 429 g/mol. The van der Waals surface area contributed by atoms with E-state index in [1.54, 1.807) is 17.5 Å². The standard InChI is InChI=1S/C15H12ClN3O4S3/c16-13-8-10-24-15(13)26(22,23)18-11-4-6-12(7-5-11)25(20,21)19-14-3-1-2-9-17-14/h1-10,18H,(H,17,19). The third-order valence-electron chi connectivity index (χ3n) is 3.15. The summed E-state index contributed by atoms with van der Waals surface area (Å²) in [6, 6.07) is 11.6. The van der Waals surface area contributed by atoms with Gasteiger partial charge in [-0.3, -0.25) is 9.44 Å². The molecule has 2 heterocycles. The molecule has 0 aliphatic heterocycles. The van der Waals surface area contributed by atoms with E-state index in [2.05, 4.69) is 14.4 Å². The smallest absolute Gasteiger partial charge is 0.272 e. The fourth-order valence-electron chi connectivity index (χ4n) is 1.99. The van der Waals surface area contributed by atoms with Crippen LogP contribution < -0.4 is 9.44 Å². The zero-order valence-electron chi connectivity index (χ0n) is 13.0. The lowest BCUT2D eigenvalue weighted by Gasteiger charge is -2.09. The number of sulfonamides is 2. The van der Waals surface area contributed by atoms with Crippen LogP contribution in [0.15, 0.2) is 69.2 Å². The second-order valence-corrected chi connectivity index (χ2v) is 9.89. The fourth-order valence-corrected chi connectivity index (χ4v) is 5.75. The zero-order chi connectivity index (χ0) is 18.8. The summed E-state index contributed by atoms with van der Waals surface area (Å²) in [5.74, 6) is 0.185. The number of nitrogens with one attached hydrogen (secondary N) is 2. The van der Waals surface area contributed by atoms with Gasteiger partial charge in [-0.25, -0.2) is 21.8 Å². The maximum absolute atomic E-state index is 12.3. The summed E-state index contributed by atoms with van der Waals surface area (Å²) in [6.45, 7) is 0. The normalized spacial score (nSPS) is 11.9. The van der Waals surface area contributed by atoms with E-state index >= 15 is 0 Å². The third-order valence-corrected chi connectivity index (χ3v) is 7.92. The van der Waals surface area contributed by atoms with Crippen LogP contribution >= 0.6 is 22.9 Å². The van der Waals surface area contributed by atoms with Crippen molar-refractivity contribution >= 4 is 54.5 Å². The number of benzene rings is 1. The highest BCUT2D eigenvalue weighted by molar-refractivity contribution is 7.94. The molecule has 136 valence electrons. The van der Waals surface area contributed by atoms with Gasteiger partial charge in [0.05, 0.1) is 9.92 Å². The van der Waals surface area contributed by atoms with Gasteiger partial charge in [0.1, 0.15) is 5.82 Å². The molecule has 0 amide bonds. The summed E-state index contributed by atoms with van der Waals surface area (Å²) >= 11 is 6.84. The molecule has 11 heteroatoms. The van der Waals surface area contributed by atoms with Crippen LogP contribution in [0.4, 0.5) is 11.5 Å². The topological polar surface area (TPSA) is 105 Å². The van der Waals surface area contributed by atoms with Crippen LogP contribution in [0.25, 0.3) is 0 Å². The Bertz CT molecular complexity index is 1110. The lowest BCUT2D eigenvalue weighted by Crippen LogP contribution is -2.14. The van der Waals surface area contributed by atoms with Crippen LogP contribution in [0.5, 0.6) is 0 Å². The molecule has 0 fully saturated rings. The van der Waals surface area contributed by atoms with Crippen LogP contribution in [0, 0.1) is 0 Å². The summed E-state index contributed by atoms with van der Waals surface area (Å²) in [5.41, 5.74) is 0.214. The van der Waals surface area contributed by atoms with E-state index in [0.29, 0.717) is 0 Å². The van der Waals surface area contributed by atoms with Gasteiger partial charge < -0.3 is 0 Å². The molecule has 3 aromatic rings. The summed E-state index contributed by atoms with van der Waals surface area (Å²) in [5, 5.41) is 1.69.